The van der Waals surface area contributed by atoms with Crippen LogP contribution < -0.4 is 5.32 Å². The molecule has 1 amide bonds. The zero-order valence-electron chi connectivity index (χ0n) is 17.2. The minimum Gasteiger partial charge on any atom is -0.463 e. The Kier molecular flexibility index (Phi) is 7.17. The molecule has 4 heteroatoms. The van der Waals surface area contributed by atoms with Gasteiger partial charge in [-0.15, -0.1) is 0 Å². The normalized spacial score (nSPS) is 11.1. The average molecular weight is 399 g/mol. The van der Waals surface area contributed by atoms with Crippen LogP contribution in [-0.2, 0) is 16.1 Å². The maximum absolute atomic E-state index is 12.2. The van der Waals surface area contributed by atoms with Crippen molar-refractivity contribution < 1.29 is 14.3 Å². The molecule has 0 unspecified atom stereocenters. The maximum atomic E-state index is 12.2. The number of rotatable bonds is 7. The molecule has 3 aromatic carbocycles. The molecule has 0 aliphatic carbocycles. The number of carbonyl (C=O) groups is 2. The molecule has 0 fully saturated rings. The second kappa shape index (κ2) is 10.2. The van der Waals surface area contributed by atoms with E-state index in [0.717, 1.165) is 22.3 Å². The summed E-state index contributed by atoms with van der Waals surface area (Å²) >= 11 is 0. The molecule has 152 valence electrons. The molecule has 0 spiro atoms. The molecule has 0 aromatic heterocycles. The Morgan fingerprint density at radius 2 is 1.63 bits per heavy atom. The van der Waals surface area contributed by atoms with Crippen LogP contribution in [-0.4, -0.2) is 18.5 Å². The molecular formula is C26H25NO3. The minimum atomic E-state index is -0.299. The molecule has 0 aliphatic rings. The fourth-order valence-electron chi connectivity index (χ4n) is 3.06. The van der Waals surface area contributed by atoms with E-state index in [1.807, 2.05) is 66.7 Å². The van der Waals surface area contributed by atoms with Crippen molar-refractivity contribution in [3.8, 4) is 11.1 Å². The molecule has 0 atom stereocenters. The van der Waals surface area contributed by atoms with Gasteiger partial charge in [0.05, 0.1) is 6.61 Å². The van der Waals surface area contributed by atoms with E-state index in [1.165, 1.54) is 0 Å². The van der Waals surface area contributed by atoms with E-state index >= 15 is 0 Å². The van der Waals surface area contributed by atoms with E-state index < -0.39 is 0 Å². The third-order valence-electron chi connectivity index (χ3n) is 4.64. The molecule has 0 heterocycles. The fourth-order valence-corrected chi connectivity index (χ4v) is 3.06. The van der Waals surface area contributed by atoms with Crippen LogP contribution in [0.25, 0.3) is 17.2 Å². The summed E-state index contributed by atoms with van der Waals surface area (Å²) in [7, 11) is 0. The number of nitrogens with one attached hydrogen (secondary N) is 1. The molecule has 0 aliphatic heterocycles. The Morgan fingerprint density at radius 1 is 0.900 bits per heavy atom. The molecule has 0 bridgehead atoms. The number of hydrogen-bond acceptors (Lipinski definition) is 3. The van der Waals surface area contributed by atoms with Crippen LogP contribution in [0.3, 0.4) is 0 Å². The van der Waals surface area contributed by atoms with Crippen molar-refractivity contribution in [2.45, 2.75) is 20.4 Å². The average Bonchev–Trinajstić information content (AvgIpc) is 2.79. The highest BCUT2D eigenvalue weighted by atomic mass is 16.5. The third kappa shape index (κ3) is 5.67. The molecule has 0 saturated carbocycles. The summed E-state index contributed by atoms with van der Waals surface area (Å²) in [5.74, 6) is -0.388. The van der Waals surface area contributed by atoms with Gasteiger partial charge in [-0.3, -0.25) is 4.79 Å². The van der Waals surface area contributed by atoms with Crippen LogP contribution in [0, 0.1) is 0 Å². The number of esters is 1. The van der Waals surface area contributed by atoms with Crippen LogP contribution >= 0.6 is 0 Å². The van der Waals surface area contributed by atoms with E-state index in [0.29, 0.717) is 24.3 Å². The molecule has 3 aromatic rings. The highest BCUT2D eigenvalue weighted by Gasteiger charge is 2.06. The third-order valence-corrected chi connectivity index (χ3v) is 4.64. The predicted octanol–water partition coefficient (Wildman–Crippen LogP) is 5.25. The van der Waals surface area contributed by atoms with E-state index in [2.05, 4.69) is 11.4 Å². The summed E-state index contributed by atoms with van der Waals surface area (Å²) in [4.78, 5) is 24.0. The maximum Gasteiger partial charge on any atom is 0.333 e. The van der Waals surface area contributed by atoms with Crippen molar-refractivity contribution in [3.05, 3.63) is 101 Å². The second-order valence-corrected chi connectivity index (χ2v) is 6.92. The van der Waals surface area contributed by atoms with E-state index in [1.54, 1.807) is 26.0 Å². The Hall–Kier alpha value is -3.66. The first-order chi connectivity index (χ1) is 14.6. The summed E-state index contributed by atoms with van der Waals surface area (Å²) in [6.45, 7) is 4.37. The molecular weight excluding hydrogens is 374 g/mol. The predicted molar refractivity (Wildman–Crippen MR) is 120 cm³/mol. The van der Waals surface area contributed by atoms with Gasteiger partial charge in [-0.2, -0.15) is 0 Å². The van der Waals surface area contributed by atoms with E-state index in [-0.39, 0.29) is 11.9 Å². The van der Waals surface area contributed by atoms with Gasteiger partial charge in [0.25, 0.3) is 5.91 Å². The van der Waals surface area contributed by atoms with Crippen LogP contribution in [0.4, 0.5) is 0 Å². The zero-order chi connectivity index (χ0) is 21.3. The number of carbonyl (C=O) groups excluding carboxylic acids is 2. The van der Waals surface area contributed by atoms with Crippen molar-refractivity contribution in [3.63, 3.8) is 0 Å². The van der Waals surface area contributed by atoms with Crippen molar-refractivity contribution in [2.24, 2.45) is 0 Å². The molecule has 3 rings (SSSR count). The van der Waals surface area contributed by atoms with Crippen molar-refractivity contribution in [1.82, 2.24) is 5.32 Å². The first-order valence-corrected chi connectivity index (χ1v) is 9.95. The lowest BCUT2D eigenvalue weighted by Crippen LogP contribution is -2.22. The lowest BCUT2D eigenvalue weighted by Gasteiger charge is -2.08. The Morgan fingerprint density at radius 3 is 2.33 bits per heavy atom. The molecule has 1 N–H and O–H groups in total. The largest absolute Gasteiger partial charge is 0.463 e. The standard InChI is InChI=1S/C26H25NO3/c1-3-30-26(29)19(2)16-20-12-14-22(15-13-20)24-11-7-8-21(17-24)18-27-25(28)23-9-5-4-6-10-23/h4-17H,3,18H2,1-2H3,(H,27,28)/b19-16+. The van der Waals surface area contributed by atoms with Crippen LogP contribution in [0.15, 0.2) is 84.4 Å². The Balaban J connectivity index is 1.67. The van der Waals surface area contributed by atoms with Gasteiger partial charge in [-0.05, 0) is 60.4 Å². The van der Waals surface area contributed by atoms with E-state index in [9.17, 15) is 9.59 Å². The van der Waals surface area contributed by atoms with Crippen LogP contribution in [0.5, 0.6) is 0 Å². The van der Waals surface area contributed by atoms with Gasteiger partial charge in [-0.25, -0.2) is 4.79 Å². The number of amides is 1. The smallest absolute Gasteiger partial charge is 0.333 e. The monoisotopic (exact) mass is 399 g/mol. The van der Waals surface area contributed by atoms with Crippen molar-refractivity contribution in [2.75, 3.05) is 6.61 Å². The summed E-state index contributed by atoms with van der Waals surface area (Å²) in [6.07, 6.45) is 1.82. The SMILES string of the molecule is CCOC(=O)/C(C)=C/c1ccc(-c2cccc(CNC(=O)c3ccccc3)c2)cc1. The highest BCUT2D eigenvalue weighted by molar-refractivity contribution is 5.94. The molecule has 4 nitrogen and oxygen atoms in total. The minimum absolute atomic E-state index is 0.0888. The summed E-state index contributed by atoms with van der Waals surface area (Å²) in [5, 5.41) is 2.96. The second-order valence-electron chi connectivity index (χ2n) is 6.92. The lowest BCUT2D eigenvalue weighted by molar-refractivity contribution is -0.138. The molecule has 30 heavy (non-hydrogen) atoms. The van der Waals surface area contributed by atoms with E-state index in [4.69, 9.17) is 4.74 Å². The van der Waals surface area contributed by atoms with Gasteiger partial charge in [0.1, 0.15) is 0 Å². The van der Waals surface area contributed by atoms with Gasteiger partial charge < -0.3 is 10.1 Å². The van der Waals surface area contributed by atoms with Gasteiger partial charge in [0.2, 0.25) is 0 Å². The molecule has 0 radical (unpaired) electrons. The topological polar surface area (TPSA) is 55.4 Å². The van der Waals surface area contributed by atoms with Crippen molar-refractivity contribution >= 4 is 18.0 Å². The quantitative estimate of drug-likeness (QED) is 0.436. The number of hydrogen-bond donors (Lipinski definition) is 1. The highest BCUT2D eigenvalue weighted by Crippen LogP contribution is 2.22. The fraction of sp³-hybridized carbons (Fsp3) is 0.154. The Bertz CT molecular complexity index is 1040. The Labute approximate surface area is 177 Å². The summed E-state index contributed by atoms with van der Waals surface area (Å²) in [5.41, 5.74) is 5.32. The van der Waals surface area contributed by atoms with Gasteiger partial charge >= 0.3 is 5.97 Å². The number of benzene rings is 3. The number of ether oxygens (including phenoxy) is 1. The summed E-state index contributed by atoms with van der Waals surface area (Å²) < 4.78 is 5.01. The summed E-state index contributed by atoms with van der Waals surface area (Å²) in [6, 6.07) is 25.3. The molecule has 0 saturated heterocycles. The first kappa shape index (κ1) is 21.1. The van der Waals surface area contributed by atoms with Gasteiger partial charge in [-0.1, -0.05) is 60.7 Å². The lowest BCUT2D eigenvalue weighted by atomic mass is 10.0. The van der Waals surface area contributed by atoms with Gasteiger partial charge in [0, 0.05) is 17.7 Å². The van der Waals surface area contributed by atoms with Crippen molar-refractivity contribution in [1.29, 1.82) is 0 Å². The van der Waals surface area contributed by atoms with Crippen LogP contribution in [0.2, 0.25) is 0 Å². The van der Waals surface area contributed by atoms with Gasteiger partial charge in [0.15, 0.2) is 0 Å². The zero-order valence-corrected chi connectivity index (χ0v) is 17.2. The van der Waals surface area contributed by atoms with Crippen LogP contribution in [0.1, 0.15) is 35.3 Å². The first-order valence-electron chi connectivity index (χ1n) is 9.95.